The van der Waals surface area contributed by atoms with Gasteiger partial charge in [-0.3, -0.25) is 0 Å². The summed E-state index contributed by atoms with van der Waals surface area (Å²) in [5.74, 6) is 0.930. The summed E-state index contributed by atoms with van der Waals surface area (Å²) < 4.78 is 7.44. The number of hydrogen-bond donors (Lipinski definition) is 1. The SMILES string of the molecule is O=C(NCc1nc2ncc(Br)cn2n1)OCc1ccccc1. The van der Waals surface area contributed by atoms with Gasteiger partial charge in [-0.1, -0.05) is 30.3 Å². The van der Waals surface area contributed by atoms with Crippen molar-refractivity contribution in [1.29, 1.82) is 0 Å². The molecule has 0 spiro atoms. The third kappa shape index (κ3) is 3.59. The Balaban J connectivity index is 1.53. The first kappa shape index (κ1) is 14.5. The highest BCUT2D eigenvalue weighted by atomic mass is 79.9. The zero-order valence-electron chi connectivity index (χ0n) is 11.4. The topological polar surface area (TPSA) is 81.4 Å². The first-order chi connectivity index (χ1) is 10.7. The molecule has 1 aromatic carbocycles. The number of benzene rings is 1. The van der Waals surface area contributed by atoms with Gasteiger partial charge in [0.1, 0.15) is 6.61 Å². The maximum atomic E-state index is 11.6. The smallest absolute Gasteiger partial charge is 0.407 e. The van der Waals surface area contributed by atoms with E-state index in [9.17, 15) is 4.79 Å². The van der Waals surface area contributed by atoms with Gasteiger partial charge in [-0.25, -0.2) is 14.3 Å². The zero-order chi connectivity index (χ0) is 15.4. The number of fused-ring (bicyclic) bond motifs is 1. The van der Waals surface area contributed by atoms with Gasteiger partial charge in [0, 0.05) is 12.4 Å². The average molecular weight is 362 g/mol. The fourth-order valence-electron chi connectivity index (χ4n) is 1.80. The lowest BCUT2D eigenvalue weighted by Gasteiger charge is -2.05. The van der Waals surface area contributed by atoms with Crippen molar-refractivity contribution in [2.75, 3.05) is 0 Å². The van der Waals surface area contributed by atoms with Gasteiger partial charge >= 0.3 is 6.09 Å². The van der Waals surface area contributed by atoms with Crippen LogP contribution in [0, 0.1) is 0 Å². The molecule has 0 aliphatic carbocycles. The quantitative estimate of drug-likeness (QED) is 0.770. The van der Waals surface area contributed by atoms with Gasteiger partial charge in [0.15, 0.2) is 5.82 Å². The second-order valence-electron chi connectivity index (χ2n) is 4.46. The van der Waals surface area contributed by atoms with Gasteiger partial charge in [-0.2, -0.15) is 4.98 Å². The molecular formula is C14H12BrN5O2. The van der Waals surface area contributed by atoms with Crippen LogP contribution < -0.4 is 5.32 Å². The number of halogens is 1. The summed E-state index contributed by atoms with van der Waals surface area (Å²) in [6.45, 7) is 0.397. The van der Waals surface area contributed by atoms with Crippen molar-refractivity contribution in [2.45, 2.75) is 13.2 Å². The first-order valence-corrected chi connectivity index (χ1v) is 7.31. The Bertz CT molecular complexity index is 790. The maximum Gasteiger partial charge on any atom is 0.407 e. The summed E-state index contributed by atoms with van der Waals surface area (Å²) in [4.78, 5) is 19.9. The van der Waals surface area contributed by atoms with Crippen molar-refractivity contribution in [2.24, 2.45) is 0 Å². The van der Waals surface area contributed by atoms with Crippen LogP contribution in [-0.4, -0.2) is 25.7 Å². The molecule has 0 aliphatic heterocycles. The molecule has 0 radical (unpaired) electrons. The Kier molecular flexibility index (Phi) is 4.29. The molecule has 0 saturated heterocycles. The van der Waals surface area contributed by atoms with Crippen molar-refractivity contribution in [1.82, 2.24) is 24.9 Å². The van der Waals surface area contributed by atoms with Crippen LogP contribution in [0.15, 0.2) is 47.2 Å². The highest BCUT2D eigenvalue weighted by molar-refractivity contribution is 9.10. The Morgan fingerprint density at radius 2 is 2.14 bits per heavy atom. The fourth-order valence-corrected chi connectivity index (χ4v) is 2.10. The number of nitrogens with zero attached hydrogens (tertiary/aromatic N) is 4. The average Bonchev–Trinajstić information content (AvgIpc) is 2.94. The van der Waals surface area contributed by atoms with Crippen molar-refractivity contribution in [3.63, 3.8) is 0 Å². The molecular weight excluding hydrogens is 350 g/mol. The van der Waals surface area contributed by atoms with E-state index >= 15 is 0 Å². The lowest BCUT2D eigenvalue weighted by atomic mass is 10.2. The number of amides is 1. The minimum atomic E-state index is -0.517. The molecule has 2 aromatic heterocycles. The first-order valence-electron chi connectivity index (χ1n) is 6.52. The van der Waals surface area contributed by atoms with E-state index in [1.165, 1.54) is 4.52 Å². The molecule has 8 heteroatoms. The summed E-state index contributed by atoms with van der Waals surface area (Å²) in [5.41, 5.74) is 0.928. The van der Waals surface area contributed by atoms with E-state index in [4.69, 9.17) is 4.74 Å². The molecule has 0 atom stereocenters. The van der Waals surface area contributed by atoms with Crippen LogP contribution in [-0.2, 0) is 17.9 Å². The van der Waals surface area contributed by atoms with E-state index < -0.39 is 6.09 Å². The van der Waals surface area contributed by atoms with E-state index in [-0.39, 0.29) is 13.2 Å². The predicted octanol–water partition coefficient (Wildman–Crippen LogP) is 2.31. The Hall–Kier alpha value is -2.48. The molecule has 0 fully saturated rings. The van der Waals surface area contributed by atoms with Gasteiger partial charge in [0.25, 0.3) is 5.78 Å². The lowest BCUT2D eigenvalue weighted by Crippen LogP contribution is -2.24. The van der Waals surface area contributed by atoms with Crippen LogP contribution in [0.5, 0.6) is 0 Å². The number of rotatable bonds is 4. The van der Waals surface area contributed by atoms with Crippen LogP contribution >= 0.6 is 15.9 Å². The van der Waals surface area contributed by atoms with Crippen LogP contribution in [0.4, 0.5) is 4.79 Å². The lowest BCUT2D eigenvalue weighted by molar-refractivity contribution is 0.139. The molecule has 0 unspecified atom stereocenters. The molecule has 3 rings (SSSR count). The van der Waals surface area contributed by atoms with E-state index in [1.54, 1.807) is 12.4 Å². The molecule has 3 aromatic rings. The van der Waals surface area contributed by atoms with Crippen LogP contribution in [0.1, 0.15) is 11.4 Å². The zero-order valence-corrected chi connectivity index (χ0v) is 13.0. The molecule has 7 nitrogen and oxygen atoms in total. The maximum absolute atomic E-state index is 11.6. The predicted molar refractivity (Wildman–Crippen MR) is 81.9 cm³/mol. The molecule has 0 bridgehead atoms. The van der Waals surface area contributed by atoms with Gasteiger partial charge in [0.2, 0.25) is 0 Å². The highest BCUT2D eigenvalue weighted by Gasteiger charge is 2.08. The highest BCUT2D eigenvalue weighted by Crippen LogP contribution is 2.07. The molecule has 22 heavy (non-hydrogen) atoms. The molecule has 1 amide bonds. The van der Waals surface area contributed by atoms with Gasteiger partial charge in [-0.05, 0) is 21.5 Å². The molecule has 1 N–H and O–H groups in total. The van der Waals surface area contributed by atoms with E-state index in [0.717, 1.165) is 10.0 Å². The minimum absolute atomic E-state index is 0.175. The number of alkyl carbamates (subject to hydrolysis) is 1. The van der Waals surface area contributed by atoms with Gasteiger partial charge in [-0.15, -0.1) is 5.10 Å². The second kappa shape index (κ2) is 6.52. The number of ether oxygens (including phenoxy) is 1. The Morgan fingerprint density at radius 1 is 1.32 bits per heavy atom. The monoisotopic (exact) mass is 361 g/mol. The molecule has 112 valence electrons. The summed E-state index contributed by atoms with van der Waals surface area (Å²) in [6, 6.07) is 9.47. The van der Waals surface area contributed by atoms with Crippen molar-refractivity contribution >= 4 is 27.8 Å². The summed E-state index contributed by atoms with van der Waals surface area (Å²) >= 11 is 3.31. The Morgan fingerprint density at radius 3 is 2.95 bits per heavy atom. The summed E-state index contributed by atoms with van der Waals surface area (Å²) in [5, 5.41) is 6.81. The minimum Gasteiger partial charge on any atom is -0.445 e. The van der Waals surface area contributed by atoms with E-state index in [2.05, 4.69) is 36.3 Å². The normalized spacial score (nSPS) is 10.6. The molecule has 0 aliphatic rings. The fraction of sp³-hybridized carbons (Fsp3) is 0.143. The third-order valence-corrected chi connectivity index (χ3v) is 3.22. The Labute approximate surface area is 134 Å². The number of hydrogen-bond acceptors (Lipinski definition) is 5. The third-order valence-electron chi connectivity index (χ3n) is 2.81. The van der Waals surface area contributed by atoms with Crippen molar-refractivity contribution in [3.05, 3.63) is 58.6 Å². The second-order valence-corrected chi connectivity index (χ2v) is 5.38. The number of carbonyl (C=O) groups excluding carboxylic acids is 1. The number of carbonyl (C=O) groups is 1. The number of nitrogens with one attached hydrogen (secondary N) is 1. The standard InChI is InChI=1S/C14H12BrN5O2/c15-11-6-16-13-18-12(19-20(13)8-11)7-17-14(21)22-9-10-4-2-1-3-5-10/h1-6,8H,7,9H2,(H,17,21). The van der Waals surface area contributed by atoms with E-state index in [0.29, 0.717) is 11.6 Å². The number of aromatic nitrogens is 4. The van der Waals surface area contributed by atoms with Crippen molar-refractivity contribution < 1.29 is 9.53 Å². The largest absolute Gasteiger partial charge is 0.445 e. The van der Waals surface area contributed by atoms with E-state index in [1.807, 2.05) is 30.3 Å². The van der Waals surface area contributed by atoms with Crippen LogP contribution in [0.2, 0.25) is 0 Å². The summed E-state index contributed by atoms with van der Waals surface area (Å²) in [6.07, 6.45) is 2.86. The van der Waals surface area contributed by atoms with Crippen LogP contribution in [0.25, 0.3) is 5.78 Å². The van der Waals surface area contributed by atoms with Crippen LogP contribution in [0.3, 0.4) is 0 Å². The van der Waals surface area contributed by atoms with Crippen molar-refractivity contribution in [3.8, 4) is 0 Å². The molecule has 0 saturated carbocycles. The molecule has 2 heterocycles. The van der Waals surface area contributed by atoms with Gasteiger partial charge in [0.05, 0.1) is 11.0 Å². The van der Waals surface area contributed by atoms with Gasteiger partial charge < -0.3 is 10.1 Å². The summed E-state index contributed by atoms with van der Waals surface area (Å²) in [7, 11) is 0.